The molecule has 0 N–H and O–H groups in total. The van der Waals surface area contributed by atoms with Gasteiger partial charge in [-0.1, -0.05) is 259 Å². The van der Waals surface area contributed by atoms with Crippen LogP contribution in [0.15, 0.2) is 97.2 Å². The first-order valence-corrected chi connectivity index (χ1v) is 33.4. The average molecular weight is 1110 g/mol. The van der Waals surface area contributed by atoms with Gasteiger partial charge in [-0.2, -0.15) is 0 Å². The van der Waals surface area contributed by atoms with Crippen LogP contribution < -0.4 is 4.89 Å². The van der Waals surface area contributed by atoms with Crippen LogP contribution in [-0.2, 0) is 32.7 Å². The van der Waals surface area contributed by atoms with Crippen molar-refractivity contribution in [1.82, 2.24) is 0 Å². The number of hydrogen-bond donors (Lipinski definition) is 0. The minimum atomic E-state index is -4.65. The van der Waals surface area contributed by atoms with Crippen LogP contribution in [0, 0.1) is 0 Å². The Balaban J connectivity index is 4.12. The van der Waals surface area contributed by atoms with Crippen molar-refractivity contribution in [2.45, 2.75) is 277 Å². The monoisotopic (exact) mass is 1110 g/mol. The maximum atomic E-state index is 12.8. The van der Waals surface area contributed by atoms with Gasteiger partial charge in [0.1, 0.15) is 19.8 Å². The highest BCUT2D eigenvalue weighted by atomic mass is 31.2. The Morgan fingerprint density at radius 1 is 0.410 bits per heavy atom. The Labute approximate surface area is 481 Å². The van der Waals surface area contributed by atoms with Gasteiger partial charge in [0, 0.05) is 12.8 Å². The number of unbranched alkanes of at least 4 members (excludes halogenated alkanes) is 28. The number of quaternary nitrogens is 1. The molecular weight excluding hydrogens is 990 g/mol. The molecule has 78 heavy (non-hydrogen) atoms. The molecule has 0 fully saturated rings. The summed E-state index contributed by atoms with van der Waals surface area (Å²) < 4.78 is 34.2. The van der Waals surface area contributed by atoms with Crippen LogP contribution in [0.1, 0.15) is 271 Å². The third-order valence-electron chi connectivity index (χ3n) is 13.6. The van der Waals surface area contributed by atoms with Gasteiger partial charge in [0.25, 0.3) is 7.82 Å². The van der Waals surface area contributed by atoms with Crippen LogP contribution in [-0.4, -0.2) is 70.0 Å². The van der Waals surface area contributed by atoms with Gasteiger partial charge in [-0.3, -0.25) is 14.2 Å². The number of esters is 2. The van der Waals surface area contributed by atoms with Gasteiger partial charge < -0.3 is 27.9 Å². The second kappa shape index (κ2) is 58.6. The Hall–Kier alpha value is -3.07. The van der Waals surface area contributed by atoms with Crippen molar-refractivity contribution >= 4 is 19.8 Å². The summed E-state index contributed by atoms with van der Waals surface area (Å²) in [6, 6.07) is 0. The SMILES string of the molecule is CC/C=C\C/C=C\C/C=C\C/C=C\C/C=C\CCCCCCCCCCCCCCCCCC(=O)OC(COC(=O)CCCCCCCCCC/C=C\C/C=C\C/C=C\CCCCCCC)COP(=O)([O-])OCC[N+](C)(C)C. The fourth-order valence-corrected chi connectivity index (χ4v) is 9.42. The third-order valence-corrected chi connectivity index (χ3v) is 14.6. The lowest BCUT2D eigenvalue weighted by Gasteiger charge is -2.28. The maximum Gasteiger partial charge on any atom is 0.306 e. The molecule has 0 aliphatic rings. The van der Waals surface area contributed by atoms with Crippen molar-refractivity contribution in [3.63, 3.8) is 0 Å². The standard InChI is InChI=1S/C68H120NO8P/c1-6-8-10-12-14-16-18-20-22-24-26-28-30-31-32-33-34-35-36-37-39-41-43-45-47-49-51-53-55-57-59-61-68(71)77-66(65-76-78(72,73)75-63-62-69(3,4)5)64-74-67(70)60-58-56-54-52-50-48-46-44-42-40-38-29-27-25-23-21-19-17-15-13-11-9-7-2/h8,10,14,16,19-22,25-28,31-32,38,40,66H,6-7,9,11-13,15,17-18,23-24,29-30,33-37,39,41-65H2,1-5H3/b10-8-,16-14-,21-19-,22-20-,27-25-,28-26-,32-31-,40-38-. The predicted octanol–water partition coefficient (Wildman–Crippen LogP) is 19.7. The number of likely N-dealkylation sites (N-methyl/N-ethyl adjacent to an activating group) is 1. The molecule has 2 unspecified atom stereocenters. The molecule has 0 aromatic rings. The predicted molar refractivity (Wildman–Crippen MR) is 332 cm³/mol. The van der Waals surface area contributed by atoms with Gasteiger partial charge in [-0.05, 0) is 96.3 Å². The smallest absolute Gasteiger partial charge is 0.306 e. The van der Waals surface area contributed by atoms with E-state index >= 15 is 0 Å². The quantitative estimate of drug-likeness (QED) is 0.0195. The summed E-state index contributed by atoms with van der Waals surface area (Å²) >= 11 is 0. The van der Waals surface area contributed by atoms with Crippen molar-refractivity contribution in [1.29, 1.82) is 0 Å². The molecule has 10 heteroatoms. The van der Waals surface area contributed by atoms with E-state index in [1.54, 1.807) is 0 Å². The van der Waals surface area contributed by atoms with E-state index < -0.39 is 26.5 Å². The Morgan fingerprint density at radius 3 is 1.09 bits per heavy atom. The summed E-state index contributed by atoms with van der Waals surface area (Å²) in [4.78, 5) is 38.0. The molecule has 0 aliphatic heterocycles. The van der Waals surface area contributed by atoms with Gasteiger partial charge in [0.2, 0.25) is 0 Å². The van der Waals surface area contributed by atoms with E-state index in [-0.39, 0.29) is 32.0 Å². The molecule has 2 atom stereocenters. The van der Waals surface area contributed by atoms with Crippen LogP contribution in [0.2, 0.25) is 0 Å². The van der Waals surface area contributed by atoms with Crippen LogP contribution in [0.25, 0.3) is 0 Å². The normalized spacial score (nSPS) is 13.9. The van der Waals surface area contributed by atoms with E-state index in [9.17, 15) is 19.0 Å². The number of carbonyl (C=O) groups is 2. The number of phosphoric ester groups is 1. The summed E-state index contributed by atoms with van der Waals surface area (Å²) in [5.74, 6) is -0.839. The van der Waals surface area contributed by atoms with Crippen molar-refractivity contribution in [3.8, 4) is 0 Å². The van der Waals surface area contributed by atoms with Crippen LogP contribution in [0.5, 0.6) is 0 Å². The molecule has 0 aromatic carbocycles. The largest absolute Gasteiger partial charge is 0.756 e. The van der Waals surface area contributed by atoms with Gasteiger partial charge in [-0.15, -0.1) is 0 Å². The number of carbonyl (C=O) groups excluding carboxylic acids is 2. The third kappa shape index (κ3) is 62.1. The molecule has 0 rings (SSSR count). The summed E-state index contributed by atoms with van der Waals surface area (Å²) in [5, 5.41) is 0. The minimum absolute atomic E-state index is 0.0354. The molecule has 0 aromatic heterocycles. The topological polar surface area (TPSA) is 111 Å². The van der Waals surface area contributed by atoms with Crippen LogP contribution in [0.4, 0.5) is 0 Å². The Bertz CT molecular complexity index is 1640. The summed E-state index contributed by atoms with van der Waals surface area (Å²) in [6.07, 6.45) is 80.3. The summed E-state index contributed by atoms with van der Waals surface area (Å²) in [7, 11) is 1.16. The van der Waals surface area contributed by atoms with Crippen molar-refractivity contribution in [2.24, 2.45) is 0 Å². The lowest BCUT2D eigenvalue weighted by Crippen LogP contribution is -2.37. The fraction of sp³-hybridized carbons (Fsp3) is 0.735. The molecule has 0 saturated heterocycles. The highest BCUT2D eigenvalue weighted by Crippen LogP contribution is 2.38. The lowest BCUT2D eigenvalue weighted by atomic mass is 10.0. The first-order chi connectivity index (χ1) is 38.0. The second-order valence-electron chi connectivity index (χ2n) is 22.4. The van der Waals surface area contributed by atoms with Gasteiger partial charge in [0.05, 0.1) is 27.7 Å². The first kappa shape index (κ1) is 74.9. The molecule has 0 saturated carbocycles. The first-order valence-electron chi connectivity index (χ1n) is 31.9. The van der Waals surface area contributed by atoms with Gasteiger partial charge >= 0.3 is 11.9 Å². The van der Waals surface area contributed by atoms with Crippen molar-refractivity contribution in [2.75, 3.05) is 47.5 Å². The molecule has 450 valence electrons. The highest BCUT2D eigenvalue weighted by Gasteiger charge is 2.22. The van der Waals surface area contributed by atoms with Crippen LogP contribution >= 0.6 is 7.82 Å². The zero-order chi connectivity index (χ0) is 57.0. The number of hydrogen-bond acceptors (Lipinski definition) is 8. The molecule has 0 radical (unpaired) electrons. The number of ether oxygens (including phenoxy) is 2. The number of phosphoric acid groups is 1. The van der Waals surface area contributed by atoms with E-state index in [4.69, 9.17) is 18.5 Å². The number of nitrogens with zero attached hydrogens (tertiary/aromatic N) is 1. The number of rotatable bonds is 58. The second-order valence-corrected chi connectivity index (χ2v) is 23.8. The Morgan fingerprint density at radius 2 is 0.731 bits per heavy atom. The average Bonchev–Trinajstić information content (AvgIpc) is 3.40. The van der Waals surface area contributed by atoms with Crippen molar-refractivity contribution < 1.29 is 42.1 Å². The molecule has 0 aliphatic carbocycles. The van der Waals surface area contributed by atoms with E-state index in [1.807, 2.05) is 21.1 Å². The zero-order valence-corrected chi connectivity index (χ0v) is 52.0. The van der Waals surface area contributed by atoms with Gasteiger partial charge in [-0.25, -0.2) is 0 Å². The summed E-state index contributed by atoms with van der Waals surface area (Å²) in [6.45, 7) is 4.12. The lowest BCUT2D eigenvalue weighted by molar-refractivity contribution is -0.870. The van der Waals surface area contributed by atoms with E-state index in [0.29, 0.717) is 17.4 Å². The molecule has 0 bridgehead atoms. The molecule has 0 spiro atoms. The van der Waals surface area contributed by atoms with E-state index in [1.165, 1.54) is 141 Å². The Kier molecular flexibility index (Phi) is 56.3. The van der Waals surface area contributed by atoms with E-state index in [2.05, 4.69) is 111 Å². The molecule has 0 heterocycles. The minimum Gasteiger partial charge on any atom is -0.756 e. The fourth-order valence-electron chi connectivity index (χ4n) is 8.69. The highest BCUT2D eigenvalue weighted by molar-refractivity contribution is 7.45. The zero-order valence-electron chi connectivity index (χ0n) is 51.1. The molecular formula is C68H120NO8P. The number of allylic oxidation sites excluding steroid dienone is 16. The maximum absolute atomic E-state index is 12.8. The molecule has 9 nitrogen and oxygen atoms in total. The van der Waals surface area contributed by atoms with E-state index in [0.717, 1.165) is 96.3 Å². The molecule has 0 amide bonds. The summed E-state index contributed by atoms with van der Waals surface area (Å²) in [5.41, 5.74) is 0. The van der Waals surface area contributed by atoms with Gasteiger partial charge in [0.15, 0.2) is 6.10 Å². The van der Waals surface area contributed by atoms with Crippen molar-refractivity contribution in [3.05, 3.63) is 97.2 Å². The van der Waals surface area contributed by atoms with Crippen LogP contribution in [0.3, 0.4) is 0 Å².